The zero-order valence-corrected chi connectivity index (χ0v) is 15.1. The molecule has 0 saturated carbocycles. The molecule has 0 bridgehead atoms. The lowest BCUT2D eigenvalue weighted by Crippen LogP contribution is -2.12. The topological polar surface area (TPSA) is 63.6 Å². The van der Waals surface area contributed by atoms with Crippen LogP contribution in [0.25, 0.3) is 21.3 Å². The molecule has 4 aromatic rings. The first-order valence-corrected chi connectivity index (χ1v) is 8.94. The Morgan fingerprint density at radius 1 is 1.24 bits per heavy atom. The van der Waals surface area contributed by atoms with Crippen LogP contribution >= 0.6 is 11.3 Å². The molecule has 0 atom stereocenters. The normalized spacial score (nSPS) is 11.3. The third kappa shape index (κ3) is 2.78. The Kier molecular flexibility index (Phi) is 3.77. The number of thiophene rings is 1. The molecular formula is C19H18N4OS. The molecule has 4 rings (SSSR count). The van der Waals surface area contributed by atoms with Gasteiger partial charge in [-0.1, -0.05) is 18.2 Å². The van der Waals surface area contributed by atoms with Crippen molar-refractivity contribution in [2.45, 2.75) is 20.3 Å². The predicted octanol–water partition coefficient (Wildman–Crippen LogP) is 3.59. The minimum absolute atomic E-state index is 0.0864. The number of aromatic nitrogens is 4. The van der Waals surface area contributed by atoms with Gasteiger partial charge in [0.05, 0.1) is 11.7 Å². The van der Waals surface area contributed by atoms with E-state index >= 15 is 0 Å². The number of aromatic amines is 1. The van der Waals surface area contributed by atoms with Gasteiger partial charge in [0.15, 0.2) is 0 Å². The number of H-pyrrole nitrogens is 1. The number of nitrogens with one attached hydrogen (secondary N) is 1. The molecule has 3 heterocycles. The molecule has 0 amide bonds. The first kappa shape index (κ1) is 15.8. The summed E-state index contributed by atoms with van der Waals surface area (Å²) in [4.78, 5) is 25.2. The number of rotatable bonds is 3. The summed E-state index contributed by atoms with van der Waals surface area (Å²) in [5.41, 5.74) is 5.39. The maximum Gasteiger partial charge on any atom is 0.260 e. The van der Waals surface area contributed by atoms with Gasteiger partial charge >= 0.3 is 0 Å². The second-order valence-electron chi connectivity index (χ2n) is 6.31. The molecule has 1 N–H and O–H groups in total. The fourth-order valence-corrected chi connectivity index (χ4v) is 3.89. The van der Waals surface area contributed by atoms with Gasteiger partial charge in [-0.2, -0.15) is 0 Å². The molecule has 0 aliphatic heterocycles. The largest absolute Gasteiger partial charge is 0.337 e. The van der Waals surface area contributed by atoms with E-state index in [0.29, 0.717) is 17.6 Å². The van der Waals surface area contributed by atoms with Crippen molar-refractivity contribution in [1.82, 2.24) is 19.5 Å². The lowest BCUT2D eigenvalue weighted by molar-refractivity contribution is 0.821. The van der Waals surface area contributed by atoms with Crippen molar-refractivity contribution >= 4 is 21.6 Å². The summed E-state index contributed by atoms with van der Waals surface area (Å²) >= 11 is 1.51. The molecule has 0 aliphatic carbocycles. The molecule has 0 saturated heterocycles. The number of fused-ring (bicyclic) bond motifs is 1. The summed E-state index contributed by atoms with van der Waals surface area (Å²) < 4.78 is 1.93. The number of hydrogen-bond donors (Lipinski definition) is 1. The summed E-state index contributed by atoms with van der Waals surface area (Å²) in [5.74, 6) is 0.662. The van der Waals surface area contributed by atoms with E-state index in [1.807, 2.05) is 17.0 Å². The van der Waals surface area contributed by atoms with Crippen molar-refractivity contribution < 1.29 is 0 Å². The zero-order valence-electron chi connectivity index (χ0n) is 14.3. The fourth-order valence-electron chi connectivity index (χ4n) is 2.93. The number of nitrogens with zero attached hydrogens (tertiary/aromatic N) is 3. The Morgan fingerprint density at radius 2 is 2.08 bits per heavy atom. The van der Waals surface area contributed by atoms with Crippen LogP contribution in [-0.2, 0) is 13.5 Å². The monoisotopic (exact) mass is 350 g/mol. The number of hydrogen-bond acceptors (Lipinski definition) is 4. The Morgan fingerprint density at radius 3 is 2.80 bits per heavy atom. The summed E-state index contributed by atoms with van der Waals surface area (Å²) in [6.45, 7) is 4.17. The van der Waals surface area contributed by atoms with Crippen LogP contribution in [0.2, 0.25) is 0 Å². The van der Waals surface area contributed by atoms with Crippen LogP contribution in [0.5, 0.6) is 0 Å². The van der Waals surface area contributed by atoms with E-state index in [9.17, 15) is 4.79 Å². The van der Waals surface area contributed by atoms with E-state index in [1.54, 1.807) is 12.5 Å². The van der Waals surface area contributed by atoms with Crippen LogP contribution in [0.3, 0.4) is 0 Å². The molecule has 5 nitrogen and oxygen atoms in total. The first-order chi connectivity index (χ1) is 12.0. The van der Waals surface area contributed by atoms with Crippen LogP contribution in [0.4, 0.5) is 0 Å². The van der Waals surface area contributed by atoms with Gasteiger partial charge in [-0.15, -0.1) is 11.3 Å². The Labute approximate surface area is 149 Å². The van der Waals surface area contributed by atoms with Crippen molar-refractivity contribution in [2.24, 2.45) is 7.05 Å². The van der Waals surface area contributed by atoms with E-state index in [0.717, 1.165) is 21.7 Å². The maximum atomic E-state index is 12.7. The highest BCUT2D eigenvalue weighted by molar-refractivity contribution is 7.17. The summed E-state index contributed by atoms with van der Waals surface area (Å²) in [7, 11) is 1.93. The first-order valence-electron chi connectivity index (χ1n) is 8.06. The minimum Gasteiger partial charge on any atom is -0.337 e. The summed E-state index contributed by atoms with van der Waals surface area (Å²) in [5, 5.41) is 2.69. The molecule has 126 valence electrons. The average Bonchev–Trinajstić information content (AvgIpc) is 3.17. The van der Waals surface area contributed by atoms with Gasteiger partial charge in [0.1, 0.15) is 10.7 Å². The SMILES string of the molecule is Cc1ccc(-c2csc3nc(Cc4cncn4C)[nH]c(=O)c23)cc1C. The molecule has 0 aliphatic rings. The highest BCUT2D eigenvalue weighted by atomic mass is 32.1. The van der Waals surface area contributed by atoms with Crippen molar-refractivity contribution in [2.75, 3.05) is 0 Å². The van der Waals surface area contributed by atoms with Gasteiger partial charge in [-0.25, -0.2) is 9.97 Å². The van der Waals surface area contributed by atoms with Gasteiger partial charge in [0, 0.05) is 36.3 Å². The quantitative estimate of drug-likeness (QED) is 0.614. The summed E-state index contributed by atoms with van der Waals surface area (Å²) in [6.07, 6.45) is 4.09. The van der Waals surface area contributed by atoms with Crippen LogP contribution in [0.1, 0.15) is 22.6 Å². The van der Waals surface area contributed by atoms with Gasteiger partial charge in [-0.05, 0) is 30.5 Å². The average molecular weight is 350 g/mol. The molecule has 0 fully saturated rings. The van der Waals surface area contributed by atoms with E-state index < -0.39 is 0 Å². The van der Waals surface area contributed by atoms with Crippen molar-refractivity contribution in [3.8, 4) is 11.1 Å². The lowest BCUT2D eigenvalue weighted by atomic mass is 10.0. The zero-order chi connectivity index (χ0) is 17.6. The molecule has 3 aromatic heterocycles. The highest BCUT2D eigenvalue weighted by Crippen LogP contribution is 2.31. The van der Waals surface area contributed by atoms with Gasteiger partial charge < -0.3 is 9.55 Å². The highest BCUT2D eigenvalue weighted by Gasteiger charge is 2.14. The van der Waals surface area contributed by atoms with Crippen molar-refractivity contribution in [1.29, 1.82) is 0 Å². The summed E-state index contributed by atoms with van der Waals surface area (Å²) in [6, 6.07) is 6.28. The van der Waals surface area contributed by atoms with Gasteiger partial charge in [0.25, 0.3) is 5.56 Å². The van der Waals surface area contributed by atoms with Gasteiger partial charge in [0.2, 0.25) is 0 Å². The smallest absolute Gasteiger partial charge is 0.260 e. The molecule has 25 heavy (non-hydrogen) atoms. The fraction of sp³-hybridized carbons (Fsp3) is 0.211. The third-order valence-corrected chi connectivity index (χ3v) is 5.45. The van der Waals surface area contributed by atoms with Crippen molar-refractivity contribution in [3.63, 3.8) is 0 Å². The number of imidazole rings is 1. The maximum absolute atomic E-state index is 12.7. The Balaban J connectivity index is 1.81. The van der Waals surface area contributed by atoms with E-state index in [4.69, 9.17) is 0 Å². The molecule has 0 unspecified atom stereocenters. The number of aryl methyl sites for hydroxylation is 3. The van der Waals surface area contributed by atoms with E-state index in [1.165, 1.54) is 22.5 Å². The predicted molar refractivity (Wildman–Crippen MR) is 101 cm³/mol. The number of benzene rings is 1. The molecule has 0 radical (unpaired) electrons. The Bertz CT molecular complexity index is 1140. The minimum atomic E-state index is -0.0864. The van der Waals surface area contributed by atoms with Crippen LogP contribution < -0.4 is 5.56 Å². The Hall–Kier alpha value is -2.73. The second-order valence-corrected chi connectivity index (χ2v) is 7.17. The van der Waals surface area contributed by atoms with Crippen LogP contribution in [0, 0.1) is 13.8 Å². The second kappa shape index (κ2) is 5.97. The van der Waals surface area contributed by atoms with E-state index in [2.05, 4.69) is 47.0 Å². The van der Waals surface area contributed by atoms with Crippen LogP contribution in [-0.4, -0.2) is 19.5 Å². The molecule has 0 spiro atoms. The van der Waals surface area contributed by atoms with Crippen LogP contribution in [0.15, 0.2) is 40.9 Å². The molecular weight excluding hydrogens is 332 g/mol. The lowest BCUT2D eigenvalue weighted by Gasteiger charge is -2.05. The third-order valence-electron chi connectivity index (χ3n) is 4.58. The molecule has 6 heteroatoms. The van der Waals surface area contributed by atoms with Gasteiger partial charge in [-0.3, -0.25) is 4.79 Å². The van der Waals surface area contributed by atoms with Crippen molar-refractivity contribution in [3.05, 3.63) is 69.1 Å². The van der Waals surface area contributed by atoms with E-state index in [-0.39, 0.29) is 5.56 Å². The standard InChI is InChI=1S/C19H18N4OS/c1-11-4-5-13(6-12(11)2)15-9-25-19-17(15)18(24)21-16(22-19)7-14-8-20-10-23(14)3/h4-6,8-10H,7H2,1-3H3,(H,21,22,24). The molecule has 1 aromatic carbocycles.